The van der Waals surface area contributed by atoms with E-state index in [4.69, 9.17) is 0 Å². The van der Waals surface area contributed by atoms with E-state index in [-0.39, 0.29) is 5.91 Å². The summed E-state index contributed by atoms with van der Waals surface area (Å²) in [5.74, 6) is -0.167. The molecule has 1 N–H and O–H groups in total. The van der Waals surface area contributed by atoms with E-state index >= 15 is 0 Å². The van der Waals surface area contributed by atoms with Crippen LogP contribution in [0.3, 0.4) is 0 Å². The predicted octanol–water partition coefficient (Wildman–Crippen LogP) is 3.10. The van der Waals surface area contributed by atoms with Gasteiger partial charge < -0.3 is 5.32 Å². The van der Waals surface area contributed by atoms with Crippen molar-refractivity contribution >= 4 is 50.1 Å². The van der Waals surface area contributed by atoms with Crippen molar-refractivity contribution in [2.24, 2.45) is 0 Å². The maximum absolute atomic E-state index is 10.5. The molecule has 1 fully saturated rings. The van der Waals surface area contributed by atoms with Crippen LogP contribution in [0.5, 0.6) is 0 Å². The fourth-order valence-corrected chi connectivity index (χ4v) is 1.97. The highest BCUT2D eigenvalue weighted by molar-refractivity contribution is 9.10. The van der Waals surface area contributed by atoms with Crippen molar-refractivity contribution in [2.45, 2.75) is 0 Å². The van der Waals surface area contributed by atoms with Gasteiger partial charge >= 0.3 is 0 Å². The summed E-state index contributed by atoms with van der Waals surface area (Å²) in [6, 6.07) is 9.97. The molecule has 1 heterocycles. The lowest BCUT2D eigenvalue weighted by Crippen LogP contribution is -2.17. The molecule has 2 nitrogen and oxygen atoms in total. The van der Waals surface area contributed by atoms with Crippen LogP contribution >= 0.6 is 39.9 Å². The molecule has 0 radical (unpaired) electrons. The molecule has 1 saturated heterocycles. The Bertz CT molecular complexity index is 374. The second-order valence-corrected chi connectivity index (χ2v) is 5.25. The minimum Gasteiger partial charge on any atom is -0.307 e. The number of carbonyl (C=O) groups excluding carboxylic acids is 1. The van der Waals surface area contributed by atoms with Crippen molar-refractivity contribution < 1.29 is 4.79 Å². The van der Waals surface area contributed by atoms with Crippen molar-refractivity contribution in [3.05, 3.63) is 46.3 Å². The maximum atomic E-state index is 10.5. The van der Waals surface area contributed by atoms with Gasteiger partial charge in [0.1, 0.15) is 4.32 Å². The standard InChI is InChI=1S/C6H5Br.C4H3NOS2/c7-6-4-2-1-3-5-6;1-2-3(6)5-4(7)8-2/h1-5H;1H2,(H,5,6,7). The first-order chi connectivity index (χ1) is 7.09. The Morgan fingerprint density at radius 3 is 2.13 bits per heavy atom. The zero-order valence-corrected chi connectivity index (χ0v) is 10.9. The number of benzene rings is 1. The molecule has 0 saturated carbocycles. The highest BCUT2D eigenvalue weighted by Gasteiger charge is 2.18. The Morgan fingerprint density at radius 1 is 1.33 bits per heavy atom. The molecule has 2 rings (SSSR count). The van der Waals surface area contributed by atoms with Crippen LogP contribution in [0.1, 0.15) is 0 Å². The predicted molar refractivity (Wildman–Crippen MR) is 71.6 cm³/mol. The van der Waals surface area contributed by atoms with E-state index in [2.05, 4.69) is 40.0 Å². The number of thioether (sulfide) groups is 1. The Kier molecular flexibility index (Phi) is 5.01. The number of thiocarbonyl (C=S) groups is 1. The smallest absolute Gasteiger partial charge is 0.262 e. The van der Waals surface area contributed by atoms with Gasteiger partial charge in [-0.25, -0.2) is 0 Å². The van der Waals surface area contributed by atoms with E-state index in [0.29, 0.717) is 9.23 Å². The molecule has 1 aromatic rings. The molecule has 0 aromatic heterocycles. The SMILES string of the molecule is Brc1ccccc1.C=C1SC(=S)NC1=O. The zero-order valence-electron chi connectivity index (χ0n) is 7.70. The summed E-state index contributed by atoms with van der Waals surface area (Å²) in [4.78, 5) is 10.9. The first kappa shape index (κ1) is 12.4. The van der Waals surface area contributed by atoms with E-state index in [1.54, 1.807) is 0 Å². The highest BCUT2D eigenvalue weighted by Crippen LogP contribution is 2.20. The van der Waals surface area contributed by atoms with Gasteiger partial charge in [0.2, 0.25) is 0 Å². The number of nitrogens with one attached hydrogen (secondary N) is 1. The Balaban J connectivity index is 0.000000151. The lowest BCUT2D eigenvalue weighted by atomic mass is 10.4. The van der Waals surface area contributed by atoms with Gasteiger partial charge in [-0.2, -0.15) is 0 Å². The van der Waals surface area contributed by atoms with Crippen LogP contribution in [-0.4, -0.2) is 10.2 Å². The van der Waals surface area contributed by atoms with E-state index in [1.165, 1.54) is 11.8 Å². The van der Waals surface area contributed by atoms with Crippen LogP contribution in [0.4, 0.5) is 0 Å². The zero-order chi connectivity index (χ0) is 11.3. The maximum Gasteiger partial charge on any atom is 0.262 e. The number of amides is 1. The van der Waals surface area contributed by atoms with Gasteiger partial charge in [0.25, 0.3) is 5.91 Å². The van der Waals surface area contributed by atoms with Crippen molar-refractivity contribution in [2.75, 3.05) is 0 Å². The van der Waals surface area contributed by atoms with Crippen LogP contribution in [0.2, 0.25) is 0 Å². The minimum absolute atomic E-state index is 0.167. The first-order valence-corrected chi connectivity index (χ1v) is 6.04. The van der Waals surface area contributed by atoms with E-state index in [1.807, 2.05) is 30.3 Å². The van der Waals surface area contributed by atoms with Gasteiger partial charge in [0.05, 0.1) is 4.91 Å². The average Bonchev–Trinajstić information content (AvgIpc) is 2.46. The molecular weight excluding hydrogens is 294 g/mol. The molecule has 0 aliphatic carbocycles. The van der Waals surface area contributed by atoms with E-state index in [9.17, 15) is 4.79 Å². The van der Waals surface area contributed by atoms with Crippen molar-refractivity contribution in [1.82, 2.24) is 5.32 Å². The van der Waals surface area contributed by atoms with Crippen molar-refractivity contribution in [3.8, 4) is 0 Å². The third-order valence-electron chi connectivity index (χ3n) is 1.42. The van der Waals surface area contributed by atoms with Gasteiger partial charge in [0, 0.05) is 4.47 Å². The second kappa shape index (κ2) is 6.05. The monoisotopic (exact) mass is 301 g/mol. The summed E-state index contributed by atoms with van der Waals surface area (Å²) in [5.41, 5.74) is 0. The van der Waals surface area contributed by atoms with Crippen molar-refractivity contribution in [1.29, 1.82) is 0 Å². The summed E-state index contributed by atoms with van der Waals surface area (Å²) in [6.45, 7) is 3.45. The van der Waals surface area contributed by atoms with Gasteiger partial charge in [-0.15, -0.1) is 0 Å². The van der Waals surface area contributed by atoms with Crippen molar-refractivity contribution in [3.63, 3.8) is 0 Å². The number of halogens is 1. The summed E-state index contributed by atoms with van der Waals surface area (Å²) in [5, 5.41) is 2.42. The first-order valence-electron chi connectivity index (χ1n) is 4.02. The van der Waals surface area contributed by atoms with Crippen LogP contribution in [0, 0.1) is 0 Å². The molecule has 0 bridgehead atoms. The van der Waals surface area contributed by atoms with E-state index < -0.39 is 0 Å². The summed E-state index contributed by atoms with van der Waals surface area (Å²) < 4.78 is 1.63. The summed E-state index contributed by atoms with van der Waals surface area (Å²) in [7, 11) is 0. The van der Waals surface area contributed by atoms with Crippen LogP contribution in [-0.2, 0) is 4.79 Å². The van der Waals surface area contributed by atoms with Crippen LogP contribution < -0.4 is 5.32 Å². The third kappa shape index (κ3) is 4.59. The topological polar surface area (TPSA) is 29.1 Å². The summed E-state index contributed by atoms with van der Waals surface area (Å²) >= 11 is 9.16. The molecule has 0 unspecified atom stereocenters. The summed E-state index contributed by atoms with van der Waals surface area (Å²) in [6.07, 6.45) is 0. The van der Waals surface area contributed by atoms with Gasteiger partial charge in [-0.3, -0.25) is 4.79 Å². The van der Waals surface area contributed by atoms with Gasteiger partial charge in [-0.1, -0.05) is 64.7 Å². The quantitative estimate of drug-likeness (QED) is 0.590. The van der Waals surface area contributed by atoms with Gasteiger partial charge in [-0.05, 0) is 12.1 Å². The molecule has 1 aromatic carbocycles. The fourth-order valence-electron chi connectivity index (χ4n) is 0.761. The lowest BCUT2D eigenvalue weighted by molar-refractivity contribution is -0.115. The lowest BCUT2D eigenvalue weighted by Gasteiger charge is -1.81. The number of hydrogen-bond donors (Lipinski definition) is 1. The molecule has 0 atom stereocenters. The number of rotatable bonds is 0. The molecular formula is C10H8BrNOS2. The number of hydrogen-bond acceptors (Lipinski definition) is 3. The molecule has 1 aliphatic heterocycles. The molecule has 1 aliphatic rings. The second-order valence-electron chi connectivity index (χ2n) is 2.56. The van der Waals surface area contributed by atoms with E-state index in [0.717, 1.165) is 4.47 Å². The van der Waals surface area contributed by atoms with Crippen LogP contribution in [0.15, 0.2) is 46.3 Å². The minimum atomic E-state index is -0.167. The highest BCUT2D eigenvalue weighted by atomic mass is 79.9. The Hall–Kier alpha value is -0.650. The Labute approximate surface area is 106 Å². The van der Waals surface area contributed by atoms with Gasteiger partial charge in [0.15, 0.2) is 0 Å². The molecule has 78 valence electrons. The fraction of sp³-hybridized carbons (Fsp3) is 0. The normalized spacial score (nSPS) is 14.3. The Morgan fingerprint density at radius 2 is 1.93 bits per heavy atom. The molecule has 15 heavy (non-hydrogen) atoms. The molecule has 1 amide bonds. The molecule has 5 heteroatoms. The third-order valence-corrected chi connectivity index (χ3v) is 3.02. The largest absolute Gasteiger partial charge is 0.307 e. The average molecular weight is 302 g/mol. The van der Waals surface area contributed by atoms with Crippen LogP contribution in [0.25, 0.3) is 0 Å². The number of carbonyl (C=O) groups is 1. The molecule has 0 spiro atoms.